The molecule has 0 aliphatic heterocycles. The maximum absolute atomic E-state index is 12.5. The number of amides is 2. The van der Waals surface area contributed by atoms with Gasteiger partial charge in [0.15, 0.2) is 0 Å². The fraction of sp³-hybridized carbons (Fsp3) is 0.474. The lowest BCUT2D eigenvalue weighted by Gasteiger charge is -2.28. The molecule has 2 aromatic rings. The Morgan fingerprint density at radius 3 is 2.56 bits per heavy atom. The van der Waals surface area contributed by atoms with Crippen LogP contribution in [-0.2, 0) is 16.1 Å². The quantitative estimate of drug-likeness (QED) is 0.820. The van der Waals surface area contributed by atoms with E-state index in [9.17, 15) is 9.59 Å². The molecule has 0 unspecified atom stereocenters. The molecule has 1 heterocycles. The Morgan fingerprint density at radius 1 is 1.20 bits per heavy atom. The molecule has 0 radical (unpaired) electrons. The molecule has 6 heteroatoms. The van der Waals surface area contributed by atoms with Gasteiger partial charge in [-0.05, 0) is 54.6 Å². The summed E-state index contributed by atoms with van der Waals surface area (Å²) in [6, 6.07) is 8.25. The molecule has 25 heavy (non-hydrogen) atoms. The first-order valence-electron chi connectivity index (χ1n) is 8.75. The van der Waals surface area contributed by atoms with Crippen molar-refractivity contribution in [3.63, 3.8) is 0 Å². The van der Waals surface area contributed by atoms with E-state index in [1.807, 2.05) is 29.7 Å². The summed E-state index contributed by atoms with van der Waals surface area (Å²) >= 11 is 3.63. The minimum Gasteiger partial charge on any atom is -0.359 e. The van der Waals surface area contributed by atoms with E-state index in [2.05, 4.69) is 32.6 Å². The second-order valence-corrected chi connectivity index (χ2v) is 7.53. The van der Waals surface area contributed by atoms with Crippen LogP contribution in [0, 0.1) is 12.8 Å². The molecule has 0 spiro atoms. The average molecular weight is 406 g/mol. The van der Waals surface area contributed by atoms with Crippen LogP contribution >= 0.6 is 15.9 Å². The first kappa shape index (κ1) is 18.0. The Labute approximate surface area is 156 Å². The van der Waals surface area contributed by atoms with E-state index in [0.29, 0.717) is 6.54 Å². The first-order chi connectivity index (χ1) is 12.0. The third-order valence-electron chi connectivity index (χ3n) is 5.17. The topological polar surface area (TPSA) is 63.1 Å². The predicted molar refractivity (Wildman–Crippen MR) is 102 cm³/mol. The van der Waals surface area contributed by atoms with Gasteiger partial charge in [-0.2, -0.15) is 0 Å². The van der Waals surface area contributed by atoms with Crippen molar-refractivity contribution in [3.05, 3.63) is 34.4 Å². The van der Waals surface area contributed by atoms with E-state index in [1.165, 1.54) is 0 Å². The van der Waals surface area contributed by atoms with Crippen molar-refractivity contribution in [2.75, 3.05) is 7.05 Å². The van der Waals surface area contributed by atoms with Gasteiger partial charge in [-0.1, -0.05) is 18.2 Å². The fourth-order valence-electron chi connectivity index (χ4n) is 3.71. The highest BCUT2D eigenvalue weighted by molar-refractivity contribution is 9.10. The first-order valence-corrected chi connectivity index (χ1v) is 9.54. The van der Waals surface area contributed by atoms with Gasteiger partial charge in [0, 0.05) is 40.1 Å². The van der Waals surface area contributed by atoms with Gasteiger partial charge in [0.25, 0.3) is 0 Å². The number of rotatable bonds is 4. The molecule has 1 fully saturated rings. The molecule has 2 N–H and O–H groups in total. The number of para-hydroxylation sites is 1. The summed E-state index contributed by atoms with van der Waals surface area (Å²) in [5, 5.41) is 6.98. The number of benzene rings is 1. The molecule has 3 rings (SSSR count). The Morgan fingerprint density at radius 2 is 1.88 bits per heavy atom. The normalized spacial score (nSPS) is 20.4. The van der Waals surface area contributed by atoms with Crippen LogP contribution in [0.3, 0.4) is 0 Å². The van der Waals surface area contributed by atoms with Crippen molar-refractivity contribution in [3.8, 4) is 0 Å². The third kappa shape index (κ3) is 3.73. The molecule has 0 atom stereocenters. The summed E-state index contributed by atoms with van der Waals surface area (Å²) in [6.07, 6.45) is 3.39. The zero-order valence-electron chi connectivity index (χ0n) is 14.6. The van der Waals surface area contributed by atoms with Crippen LogP contribution in [0.15, 0.2) is 28.7 Å². The molecule has 134 valence electrons. The van der Waals surface area contributed by atoms with E-state index in [1.54, 1.807) is 7.05 Å². The van der Waals surface area contributed by atoms with Crippen molar-refractivity contribution in [1.29, 1.82) is 0 Å². The number of halogens is 1. The fourth-order valence-corrected chi connectivity index (χ4v) is 4.26. The second-order valence-electron chi connectivity index (χ2n) is 6.73. The maximum atomic E-state index is 12.5. The van der Waals surface area contributed by atoms with Crippen LogP contribution in [0.25, 0.3) is 10.9 Å². The minimum absolute atomic E-state index is 0.0275. The number of carbonyl (C=O) groups excluding carboxylic acids is 2. The Hall–Kier alpha value is -1.82. The van der Waals surface area contributed by atoms with Crippen LogP contribution in [0.5, 0.6) is 0 Å². The van der Waals surface area contributed by atoms with Crippen molar-refractivity contribution in [1.82, 2.24) is 15.2 Å². The molecule has 0 saturated heterocycles. The number of aromatic nitrogens is 1. The molecule has 2 amide bonds. The molecule has 1 saturated carbocycles. The molecule has 1 aromatic heterocycles. The van der Waals surface area contributed by atoms with E-state index in [-0.39, 0.29) is 23.8 Å². The zero-order valence-corrected chi connectivity index (χ0v) is 16.2. The van der Waals surface area contributed by atoms with Crippen LogP contribution in [0.2, 0.25) is 0 Å². The summed E-state index contributed by atoms with van der Waals surface area (Å²) in [5.74, 6) is 0.230. The largest absolute Gasteiger partial charge is 0.359 e. The molecular weight excluding hydrogens is 382 g/mol. The number of hydrogen-bond donors (Lipinski definition) is 2. The highest BCUT2D eigenvalue weighted by Crippen LogP contribution is 2.30. The van der Waals surface area contributed by atoms with Crippen molar-refractivity contribution in [2.45, 2.75) is 45.2 Å². The number of nitrogens with one attached hydrogen (secondary N) is 2. The third-order valence-corrected chi connectivity index (χ3v) is 6.17. The smallest absolute Gasteiger partial charge is 0.240 e. The lowest BCUT2D eigenvalue weighted by molar-refractivity contribution is -0.125. The standard InChI is InChI=1S/C19H24BrN3O2/c1-12-18(20)15-5-3-4-6-16(15)23(12)11-17(24)22-14-9-7-13(8-10-14)19(25)21-2/h3-6,13-14H,7-11H2,1-2H3,(H,21,25)(H,22,24). The summed E-state index contributed by atoms with van der Waals surface area (Å²) < 4.78 is 3.09. The van der Waals surface area contributed by atoms with Crippen LogP contribution in [-0.4, -0.2) is 29.5 Å². The van der Waals surface area contributed by atoms with E-state index in [4.69, 9.17) is 0 Å². The summed E-state index contributed by atoms with van der Waals surface area (Å²) in [7, 11) is 1.68. The average Bonchev–Trinajstić information content (AvgIpc) is 2.87. The number of fused-ring (bicyclic) bond motifs is 1. The van der Waals surface area contributed by atoms with Crippen molar-refractivity contribution in [2.24, 2.45) is 5.92 Å². The summed E-state index contributed by atoms with van der Waals surface area (Å²) in [6.45, 7) is 2.33. The van der Waals surface area contributed by atoms with Crippen molar-refractivity contribution >= 4 is 38.6 Å². The monoisotopic (exact) mass is 405 g/mol. The Kier molecular flexibility index (Phi) is 5.47. The summed E-state index contributed by atoms with van der Waals surface area (Å²) in [4.78, 5) is 24.2. The minimum atomic E-state index is 0.0275. The van der Waals surface area contributed by atoms with E-state index >= 15 is 0 Å². The summed E-state index contributed by atoms with van der Waals surface area (Å²) in [5.41, 5.74) is 2.12. The highest BCUT2D eigenvalue weighted by atomic mass is 79.9. The molecule has 1 aliphatic rings. The van der Waals surface area contributed by atoms with E-state index < -0.39 is 0 Å². The van der Waals surface area contributed by atoms with Gasteiger partial charge in [-0.25, -0.2) is 0 Å². The maximum Gasteiger partial charge on any atom is 0.240 e. The van der Waals surface area contributed by atoms with Gasteiger partial charge >= 0.3 is 0 Å². The van der Waals surface area contributed by atoms with Crippen LogP contribution in [0.1, 0.15) is 31.4 Å². The lowest BCUT2D eigenvalue weighted by atomic mass is 9.85. The van der Waals surface area contributed by atoms with Gasteiger partial charge in [0.05, 0.1) is 0 Å². The zero-order chi connectivity index (χ0) is 18.0. The van der Waals surface area contributed by atoms with Gasteiger partial charge in [0.2, 0.25) is 11.8 Å². The number of hydrogen-bond acceptors (Lipinski definition) is 2. The van der Waals surface area contributed by atoms with Crippen LogP contribution < -0.4 is 10.6 Å². The van der Waals surface area contributed by atoms with E-state index in [0.717, 1.165) is 46.8 Å². The number of carbonyl (C=O) groups is 2. The highest BCUT2D eigenvalue weighted by Gasteiger charge is 2.26. The molecule has 5 nitrogen and oxygen atoms in total. The van der Waals surface area contributed by atoms with Gasteiger partial charge in [0.1, 0.15) is 6.54 Å². The second kappa shape index (κ2) is 7.60. The number of nitrogens with zero attached hydrogens (tertiary/aromatic N) is 1. The lowest BCUT2D eigenvalue weighted by Crippen LogP contribution is -2.41. The Balaban J connectivity index is 1.63. The van der Waals surface area contributed by atoms with Gasteiger partial charge < -0.3 is 15.2 Å². The molecule has 0 bridgehead atoms. The van der Waals surface area contributed by atoms with Crippen LogP contribution in [0.4, 0.5) is 0 Å². The molecule has 1 aromatic carbocycles. The molecule has 1 aliphatic carbocycles. The van der Waals surface area contributed by atoms with Gasteiger partial charge in [-0.15, -0.1) is 0 Å². The predicted octanol–water partition coefficient (Wildman–Crippen LogP) is 3.13. The van der Waals surface area contributed by atoms with Gasteiger partial charge in [-0.3, -0.25) is 9.59 Å². The SMILES string of the molecule is CNC(=O)C1CCC(NC(=O)Cn2c(C)c(Br)c3ccccc32)CC1. The molecular formula is C19H24BrN3O2. The van der Waals surface area contributed by atoms with Crippen molar-refractivity contribution < 1.29 is 9.59 Å². The Bertz CT molecular complexity index is 791.